The van der Waals surface area contributed by atoms with Gasteiger partial charge < -0.3 is 5.32 Å². The van der Waals surface area contributed by atoms with Gasteiger partial charge in [-0.2, -0.15) is 5.26 Å². The summed E-state index contributed by atoms with van der Waals surface area (Å²) in [6, 6.07) is 6.51. The molecule has 2 aromatic rings. The van der Waals surface area contributed by atoms with Crippen LogP contribution in [0.3, 0.4) is 0 Å². The molecule has 27 heavy (non-hydrogen) atoms. The first-order valence-electron chi connectivity index (χ1n) is 8.36. The van der Waals surface area contributed by atoms with Crippen molar-refractivity contribution in [1.82, 2.24) is 0 Å². The van der Waals surface area contributed by atoms with Gasteiger partial charge in [0.1, 0.15) is 16.1 Å². The molecule has 1 aromatic carbocycles. The average Bonchev–Trinajstić information content (AvgIpc) is 2.96. The van der Waals surface area contributed by atoms with Gasteiger partial charge in [0, 0.05) is 17.0 Å². The molecule has 1 aromatic heterocycles. The van der Waals surface area contributed by atoms with Crippen molar-refractivity contribution in [2.75, 3.05) is 5.32 Å². The smallest absolute Gasteiger partial charge is 0.288 e. The predicted molar refractivity (Wildman–Crippen MR) is 106 cm³/mol. The number of anilines is 1. The van der Waals surface area contributed by atoms with Crippen molar-refractivity contribution in [2.45, 2.75) is 26.2 Å². The zero-order valence-electron chi connectivity index (χ0n) is 14.5. The van der Waals surface area contributed by atoms with Crippen LogP contribution in [-0.4, -0.2) is 10.8 Å². The van der Waals surface area contributed by atoms with Crippen molar-refractivity contribution in [3.05, 3.63) is 61.0 Å². The Morgan fingerprint density at radius 3 is 3.00 bits per heavy atom. The van der Waals surface area contributed by atoms with Gasteiger partial charge in [0.2, 0.25) is 5.91 Å². The molecule has 1 heterocycles. The summed E-state index contributed by atoms with van der Waals surface area (Å²) in [6.45, 7) is 2.18. The van der Waals surface area contributed by atoms with Gasteiger partial charge in [-0.1, -0.05) is 24.6 Å². The third kappa shape index (κ3) is 4.18. The number of nitrogens with zero attached hydrogens (tertiary/aromatic N) is 2. The molecule has 138 valence electrons. The first-order chi connectivity index (χ1) is 12.9. The fraction of sp³-hybridized carbons (Fsp3) is 0.263. The lowest BCUT2D eigenvalue weighted by Crippen LogP contribution is -2.10. The third-order valence-corrected chi connectivity index (χ3v) is 5.94. The summed E-state index contributed by atoms with van der Waals surface area (Å²) in [5.41, 5.74) is 1.87. The van der Waals surface area contributed by atoms with E-state index in [4.69, 9.17) is 11.6 Å². The van der Waals surface area contributed by atoms with E-state index >= 15 is 0 Å². The molecule has 0 radical (unpaired) electrons. The van der Waals surface area contributed by atoms with Gasteiger partial charge in [0.15, 0.2) is 0 Å². The van der Waals surface area contributed by atoms with E-state index in [1.54, 1.807) is 6.07 Å². The number of nitriles is 1. The standard InChI is InChI=1S/C19H16ClN3O3S/c1-11-2-5-13-14(10-21)19(27-17(13)8-11)22-18(24)7-4-12-3-6-15(20)16(9-12)23(25)26/h3-4,6-7,9,11H,2,5,8H2,1H3,(H,22,24)/b7-4+/t11-/m1/s1. The summed E-state index contributed by atoms with van der Waals surface area (Å²) in [5, 5.41) is 23.8. The summed E-state index contributed by atoms with van der Waals surface area (Å²) < 4.78 is 0. The second kappa shape index (κ2) is 7.91. The highest BCUT2D eigenvalue weighted by Crippen LogP contribution is 2.39. The van der Waals surface area contributed by atoms with E-state index in [-0.39, 0.29) is 10.7 Å². The Balaban J connectivity index is 1.77. The molecule has 0 unspecified atom stereocenters. The number of halogens is 1. The second-order valence-corrected chi connectivity index (χ2v) is 7.97. The van der Waals surface area contributed by atoms with Crippen molar-refractivity contribution < 1.29 is 9.72 Å². The lowest BCUT2D eigenvalue weighted by atomic mass is 9.89. The summed E-state index contributed by atoms with van der Waals surface area (Å²) in [5.74, 6) is 0.183. The number of carbonyl (C=O) groups excluding carboxylic acids is 1. The molecule has 0 spiro atoms. The van der Waals surface area contributed by atoms with E-state index in [1.807, 2.05) is 0 Å². The summed E-state index contributed by atoms with van der Waals surface area (Å²) in [4.78, 5) is 23.8. The monoisotopic (exact) mass is 401 g/mol. The SMILES string of the molecule is C[C@@H]1CCc2c(sc(NC(=O)/C=C/c3ccc(Cl)c([N+](=O)[O-])c3)c2C#N)C1. The number of hydrogen-bond donors (Lipinski definition) is 1. The molecule has 1 aliphatic rings. The summed E-state index contributed by atoms with van der Waals surface area (Å²) in [6.07, 6.45) is 5.58. The maximum Gasteiger partial charge on any atom is 0.288 e. The number of thiophene rings is 1. The van der Waals surface area contributed by atoms with Gasteiger partial charge >= 0.3 is 0 Å². The predicted octanol–water partition coefficient (Wildman–Crippen LogP) is 4.96. The molecule has 1 amide bonds. The van der Waals surface area contributed by atoms with Gasteiger partial charge in [0.05, 0.1) is 10.5 Å². The molecule has 1 N–H and O–H groups in total. The maximum atomic E-state index is 12.3. The zero-order chi connectivity index (χ0) is 19.6. The van der Waals surface area contributed by atoms with Crippen LogP contribution < -0.4 is 5.32 Å². The van der Waals surface area contributed by atoms with Crippen LogP contribution in [0.5, 0.6) is 0 Å². The van der Waals surface area contributed by atoms with E-state index in [9.17, 15) is 20.2 Å². The Morgan fingerprint density at radius 2 is 2.30 bits per heavy atom. The largest absolute Gasteiger partial charge is 0.313 e. The molecule has 0 aliphatic heterocycles. The van der Waals surface area contributed by atoms with Gasteiger partial charge in [-0.15, -0.1) is 11.3 Å². The molecular weight excluding hydrogens is 386 g/mol. The van der Waals surface area contributed by atoms with Gasteiger partial charge in [0.25, 0.3) is 5.69 Å². The minimum atomic E-state index is -0.573. The van der Waals surface area contributed by atoms with Crippen molar-refractivity contribution >= 4 is 45.6 Å². The molecule has 1 atom stereocenters. The Hall–Kier alpha value is -2.69. The van der Waals surface area contributed by atoms with E-state index in [2.05, 4.69) is 18.3 Å². The van der Waals surface area contributed by atoms with Crippen LogP contribution in [0.2, 0.25) is 5.02 Å². The third-order valence-electron chi connectivity index (χ3n) is 4.45. The van der Waals surface area contributed by atoms with Gasteiger partial charge in [-0.25, -0.2) is 0 Å². The van der Waals surface area contributed by atoms with Crippen molar-refractivity contribution in [2.24, 2.45) is 5.92 Å². The maximum absolute atomic E-state index is 12.3. The second-order valence-electron chi connectivity index (χ2n) is 6.46. The number of nitro benzene ring substituents is 1. The molecule has 0 saturated heterocycles. The summed E-state index contributed by atoms with van der Waals surface area (Å²) in [7, 11) is 0. The number of nitrogens with one attached hydrogen (secondary N) is 1. The van der Waals surface area contributed by atoms with Crippen molar-refractivity contribution in [3.8, 4) is 6.07 Å². The van der Waals surface area contributed by atoms with Crippen LogP contribution in [0.1, 0.15) is 34.9 Å². The first-order valence-corrected chi connectivity index (χ1v) is 9.56. The van der Waals surface area contributed by atoms with Crippen molar-refractivity contribution in [3.63, 3.8) is 0 Å². The number of fused-ring (bicyclic) bond motifs is 1. The highest BCUT2D eigenvalue weighted by molar-refractivity contribution is 7.16. The lowest BCUT2D eigenvalue weighted by molar-refractivity contribution is -0.384. The van der Waals surface area contributed by atoms with Crippen LogP contribution in [0.15, 0.2) is 24.3 Å². The molecule has 6 nitrogen and oxygen atoms in total. The number of carbonyl (C=O) groups is 1. The Kier molecular flexibility index (Phi) is 5.59. The highest BCUT2D eigenvalue weighted by atomic mass is 35.5. The fourth-order valence-electron chi connectivity index (χ4n) is 3.06. The Labute approximate surface area is 165 Å². The Morgan fingerprint density at radius 1 is 1.52 bits per heavy atom. The molecular formula is C19H16ClN3O3S. The zero-order valence-corrected chi connectivity index (χ0v) is 16.1. The average molecular weight is 402 g/mol. The molecule has 1 aliphatic carbocycles. The lowest BCUT2D eigenvalue weighted by Gasteiger charge is -2.17. The minimum Gasteiger partial charge on any atom is -0.313 e. The molecule has 0 saturated carbocycles. The van der Waals surface area contributed by atoms with Crippen LogP contribution in [0.4, 0.5) is 10.7 Å². The van der Waals surface area contributed by atoms with Crippen LogP contribution in [0, 0.1) is 27.4 Å². The van der Waals surface area contributed by atoms with E-state index in [1.165, 1.54) is 35.6 Å². The normalized spacial score (nSPS) is 16.0. The molecule has 8 heteroatoms. The van der Waals surface area contributed by atoms with Crippen molar-refractivity contribution in [1.29, 1.82) is 5.26 Å². The number of benzene rings is 1. The van der Waals surface area contributed by atoms with E-state index in [0.717, 1.165) is 29.7 Å². The van der Waals surface area contributed by atoms with E-state index < -0.39 is 10.8 Å². The van der Waals surface area contributed by atoms with Crippen LogP contribution in [-0.2, 0) is 17.6 Å². The van der Waals surface area contributed by atoms with Crippen LogP contribution >= 0.6 is 22.9 Å². The number of nitro groups is 1. The Bertz CT molecular complexity index is 991. The number of amides is 1. The fourth-order valence-corrected chi connectivity index (χ4v) is 4.61. The molecule has 0 bridgehead atoms. The topological polar surface area (TPSA) is 96.0 Å². The summed E-state index contributed by atoms with van der Waals surface area (Å²) >= 11 is 7.23. The highest BCUT2D eigenvalue weighted by Gasteiger charge is 2.24. The van der Waals surface area contributed by atoms with Crippen LogP contribution in [0.25, 0.3) is 6.08 Å². The number of hydrogen-bond acceptors (Lipinski definition) is 5. The molecule has 3 rings (SSSR count). The minimum absolute atomic E-state index is 0.0404. The van der Waals surface area contributed by atoms with E-state index in [0.29, 0.717) is 22.0 Å². The van der Waals surface area contributed by atoms with Gasteiger partial charge in [-0.3, -0.25) is 14.9 Å². The molecule has 0 fully saturated rings. The quantitative estimate of drug-likeness (QED) is 0.445. The first kappa shape index (κ1) is 19.1. The van der Waals surface area contributed by atoms with Gasteiger partial charge in [-0.05, 0) is 48.4 Å². The number of rotatable bonds is 4.